The number of fused-ring (bicyclic) bond motifs is 1. The zero-order valence-electron chi connectivity index (χ0n) is 11.4. The smallest absolute Gasteiger partial charge is 0.111 e. The zero-order valence-corrected chi connectivity index (χ0v) is 12.2. The average molecular weight is 278 g/mol. The van der Waals surface area contributed by atoms with Crippen LogP contribution in [-0.2, 0) is 12.0 Å². The molecule has 0 spiro atoms. The minimum Gasteiger partial charge on any atom is -0.322 e. The number of hydrogen-bond donors (Lipinski definition) is 0. The van der Waals surface area contributed by atoms with Crippen LogP contribution >= 0.6 is 11.6 Å². The number of rotatable bonds is 3. The van der Waals surface area contributed by atoms with E-state index >= 15 is 0 Å². The Hall–Kier alpha value is -1.09. The highest BCUT2D eigenvalue weighted by molar-refractivity contribution is 6.17. The second kappa shape index (κ2) is 5.12. The second-order valence-electron chi connectivity index (χ2n) is 5.72. The van der Waals surface area contributed by atoms with Crippen LogP contribution in [0.25, 0.3) is 11.0 Å². The molecule has 0 atom stereocenters. The van der Waals surface area contributed by atoms with E-state index in [1.54, 1.807) is 0 Å². The van der Waals surface area contributed by atoms with E-state index in [1.807, 2.05) is 12.4 Å². The van der Waals surface area contributed by atoms with E-state index in [2.05, 4.69) is 22.5 Å². The van der Waals surface area contributed by atoms with Gasteiger partial charge in [0.2, 0.25) is 0 Å². The van der Waals surface area contributed by atoms with Gasteiger partial charge >= 0.3 is 0 Å². The highest BCUT2D eigenvalue weighted by Gasteiger charge is 2.32. The van der Waals surface area contributed by atoms with Gasteiger partial charge in [-0.3, -0.25) is 4.98 Å². The van der Waals surface area contributed by atoms with Gasteiger partial charge in [-0.25, -0.2) is 4.98 Å². The maximum absolute atomic E-state index is 5.95. The fraction of sp³-hybridized carbons (Fsp3) is 0.600. The number of pyridine rings is 1. The van der Waals surface area contributed by atoms with Crippen molar-refractivity contribution in [2.75, 3.05) is 5.88 Å². The van der Waals surface area contributed by atoms with Crippen molar-refractivity contribution in [3.05, 3.63) is 24.3 Å². The van der Waals surface area contributed by atoms with Gasteiger partial charge in [-0.05, 0) is 25.8 Å². The Kier molecular flexibility index (Phi) is 3.48. The van der Waals surface area contributed by atoms with Crippen LogP contribution in [0.4, 0.5) is 0 Å². The molecule has 2 aromatic rings. The fourth-order valence-corrected chi connectivity index (χ4v) is 3.54. The van der Waals surface area contributed by atoms with Crippen LogP contribution in [0.15, 0.2) is 18.5 Å². The van der Waals surface area contributed by atoms with Crippen molar-refractivity contribution in [2.24, 2.45) is 0 Å². The predicted molar refractivity (Wildman–Crippen MR) is 78.7 cm³/mol. The van der Waals surface area contributed by atoms with E-state index in [1.165, 1.54) is 37.6 Å². The molecule has 2 aromatic heterocycles. The molecule has 1 fully saturated rings. The van der Waals surface area contributed by atoms with E-state index in [9.17, 15) is 0 Å². The van der Waals surface area contributed by atoms with Gasteiger partial charge in [0.25, 0.3) is 0 Å². The molecule has 3 rings (SSSR count). The summed E-state index contributed by atoms with van der Waals surface area (Å²) in [7, 11) is 0. The second-order valence-corrected chi connectivity index (χ2v) is 6.10. The number of alkyl halides is 1. The van der Waals surface area contributed by atoms with Crippen molar-refractivity contribution < 1.29 is 0 Å². The number of hydrogen-bond acceptors (Lipinski definition) is 2. The Balaban J connectivity index is 2.16. The first-order chi connectivity index (χ1) is 9.24. The van der Waals surface area contributed by atoms with Crippen molar-refractivity contribution in [3.8, 4) is 0 Å². The van der Waals surface area contributed by atoms with Crippen molar-refractivity contribution >= 4 is 22.6 Å². The third-order valence-corrected chi connectivity index (χ3v) is 4.50. The summed E-state index contributed by atoms with van der Waals surface area (Å²) in [4.78, 5) is 8.93. The molecule has 0 unspecified atom stereocenters. The average Bonchev–Trinajstić information content (AvgIpc) is 2.78. The third kappa shape index (κ3) is 2.25. The Morgan fingerprint density at radius 3 is 2.84 bits per heavy atom. The predicted octanol–water partition coefficient (Wildman–Crippen LogP) is 3.89. The van der Waals surface area contributed by atoms with Crippen LogP contribution in [0, 0.1) is 0 Å². The lowest BCUT2D eigenvalue weighted by Crippen LogP contribution is -2.34. The first kappa shape index (κ1) is 12.9. The van der Waals surface area contributed by atoms with Gasteiger partial charge in [-0.2, -0.15) is 0 Å². The molecule has 4 heteroatoms. The minimum absolute atomic E-state index is 0.190. The molecule has 0 saturated heterocycles. The van der Waals surface area contributed by atoms with E-state index in [0.717, 1.165) is 17.8 Å². The van der Waals surface area contributed by atoms with Crippen LogP contribution in [-0.4, -0.2) is 20.4 Å². The van der Waals surface area contributed by atoms with Crippen LogP contribution in [0.2, 0.25) is 0 Å². The standard InChI is InChI=1S/C15H20ClN3/c1-15(7-3-2-4-8-15)19-13-6-10-17-11-12(13)18-14(19)5-9-16/h6,10-11H,2-5,7-9H2,1H3. The van der Waals surface area contributed by atoms with Crippen molar-refractivity contribution in [1.29, 1.82) is 0 Å². The molecular formula is C15H20ClN3. The molecule has 2 heterocycles. The van der Waals surface area contributed by atoms with Gasteiger partial charge in [-0.15, -0.1) is 11.6 Å². The summed E-state index contributed by atoms with van der Waals surface area (Å²) < 4.78 is 2.44. The molecule has 1 aliphatic rings. The lowest BCUT2D eigenvalue weighted by atomic mass is 9.83. The molecule has 0 bridgehead atoms. The van der Waals surface area contributed by atoms with Crippen molar-refractivity contribution in [2.45, 2.75) is 51.0 Å². The van der Waals surface area contributed by atoms with Crippen molar-refractivity contribution in [1.82, 2.24) is 14.5 Å². The SMILES string of the molecule is CC1(n2c(CCCl)nc3cnccc32)CCCCC1. The van der Waals surface area contributed by atoms with Gasteiger partial charge in [-0.1, -0.05) is 19.3 Å². The molecule has 3 nitrogen and oxygen atoms in total. The Bertz CT molecular complexity index is 570. The zero-order chi connectivity index (χ0) is 13.3. The number of halogens is 1. The number of aryl methyl sites for hydroxylation is 1. The molecule has 1 saturated carbocycles. The third-order valence-electron chi connectivity index (χ3n) is 4.31. The monoisotopic (exact) mass is 277 g/mol. The summed E-state index contributed by atoms with van der Waals surface area (Å²) in [5.41, 5.74) is 2.39. The maximum atomic E-state index is 5.95. The molecule has 0 amide bonds. The summed E-state index contributed by atoms with van der Waals surface area (Å²) >= 11 is 5.95. The lowest BCUT2D eigenvalue weighted by Gasteiger charge is -2.37. The molecule has 1 aliphatic carbocycles. The Morgan fingerprint density at radius 1 is 1.32 bits per heavy atom. The highest BCUT2D eigenvalue weighted by atomic mass is 35.5. The van der Waals surface area contributed by atoms with Gasteiger partial charge in [0.1, 0.15) is 11.3 Å². The van der Waals surface area contributed by atoms with Gasteiger partial charge in [0.05, 0.1) is 11.7 Å². The normalized spacial score (nSPS) is 18.8. The fourth-order valence-electron chi connectivity index (χ4n) is 3.37. The van der Waals surface area contributed by atoms with Gasteiger partial charge in [0.15, 0.2) is 0 Å². The first-order valence-corrected chi connectivity index (χ1v) is 7.66. The van der Waals surface area contributed by atoms with Crippen LogP contribution in [0.1, 0.15) is 44.9 Å². The highest BCUT2D eigenvalue weighted by Crippen LogP contribution is 2.37. The first-order valence-electron chi connectivity index (χ1n) is 7.12. The van der Waals surface area contributed by atoms with Crippen LogP contribution in [0.3, 0.4) is 0 Å². The Morgan fingerprint density at radius 2 is 2.11 bits per heavy atom. The van der Waals surface area contributed by atoms with E-state index in [0.29, 0.717) is 5.88 Å². The largest absolute Gasteiger partial charge is 0.322 e. The summed E-state index contributed by atoms with van der Waals surface area (Å²) in [6.07, 6.45) is 11.0. The molecule has 0 aliphatic heterocycles. The van der Waals surface area contributed by atoms with Gasteiger partial charge < -0.3 is 4.57 Å². The quantitative estimate of drug-likeness (QED) is 0.797. The number of imidazole rings is 1. The molecular weight excluding hydrogens is 258 g/mol. The van der Waals surface area contributed by atoms with Gasteiger partial charge in [0, 0.05) is 24.0 Å². The summed E-state index contributed by atoms with van der Waals surface area (Å²) in [5.74, 6) is 1.73. The topological polar surface area (TPSA) is 30.7 Å². The molecule has 19 heavy (non-hydrogen) atoms. The molecule has 0 radical (unpaired) electrons. The number of aromatic nitrogens is 3. The molecule has 0 N–H and O–H groups in total. The van der Waals surface area contributed by atoms with Crippen LogP contribution in [0.5, 0.6) is 0 Å². The molecule has 0 aromatic carbocycles. The van der Waals surface area contributed by atoms with Crippen molar-refractivity contribution in [3.63, 3.8) is 0 Å². The van der Waals surface area contributed by atoms with E-state index < -0.39 is 0 Å². The maximum Gasteiger partial charge on any atom is 0.111 e. The Labute approximate surface area is 119 Å². The summed E-state index contributed by atoms with van der Waals surface area (Å²) in [6.45, 7) is 2.37. The van der Waals surface area contributed by atoms with Crippen LogP contribution < -0.4 is 0 Å². The molecule has 102 valence electrons. The summed E-state index contributed by atoms with van der Waals surface area (Å²) in [6, 6.07) is 2.08. The summed E-state index contributed by atoms with van der Waals surface area (Å²) in [5, 5.41) is 0. The lowest BCUT2D eigenvalue weighted by molar-refractivity contribution is 0.219. The number of nitrogens with zero attached hydrogens (tertiary/aromatic N) is 3. The minimum atomic E-state index is 0.190. The van der Waals surface area contributed by atoms with E-state index in [4.69, 9.17) is 16.6 Å². The van der Waals surface area contributed by atoms with E-state index in [-0.39, 0.29) is 5.54 Å².